The topological polar surface area (TPSA) is 46.4 Å². The van der Waals surface area contributed by atoms with Crippen LogP contribution in [0.3, 0.4) is 0 Å². The summed E-state index contributed by atoms with van der Waals surface area (Å²) in [6, 6.07) is 7.60. The van der Waals surface area contributed by atoms with Crippen molar-refractivity contribution in [3.63, 3.8) is 0 Å². The second kappa shape index (κ2) is 6.61. The molecule has 22 heavy (non-hydrogen) atoms. The molecule has 118 valence electrons. The van der Waals surface area contributed by atoms with Crippen LogP contribution >= 0.6 is 0 Å². The second-order valence-corrected chi connectivity index (χ2v) is 6.54. The van der Waals surface area contributed by atoms with Gasteiger partial charge in [-0.25, -0.2) is 0 Å². The molecule has 4 heteroatoms. The van der Waals surface area contributed by atoms with E-state index in [0.29, 0.717) is 6.04 Å². The van der Waals surface area contributed by atoms with E-state index in [-0.39, 0.29) is 10.6 Å². The predicted molar refractivity (Wildman–Crippen MR) is 87.9 cm³/mol. The summed E-state index contributed by atoms with van der Waals surface area (Å²) in [6.07, 6.45) is 8.62. The van der Waals surface area contributed by atoms with Crippen molar-refractivity contribution in [3.05, 3.63) is 51.1 Å². The third-order valence-corrected chi connectivity index (χ3v) is 5.18. The molecule has 1 aromatic rings. The molecule has 3 rings (SSSR count). The highest BCUT2D eigenvalue weighted by Gasteiger charge is 2.28. The summed E-state index contributed by atoms with van der Waals surface area (Å²) >= 11 is 0. The summed E-state index contributed by atoms with van der Waals surface area (Å²) in [5, 5.41) is 10.7. The molecule has 1 atom stereocenters. The van der Waals surface area contributed by atoms with Gasteiger partial charge in [-0.3, -0.25) is 15.0 Å². The van der Waals surface area contributed by atoms with Gasteiger partial charge in [0.05, 0.1) is 4.92 Å². The van der Waals surface area contributed by atoms with Crippen molar-refractivity contribution >= 4 is 5.69 Å². The number of hydrogen-bond donors (Lipinski definition) is 0. The number of aryl methyl sites for hydroxylation is 1. The Morgan fingerprint density at radius 2 is 1.91 bits per heavy atom. The molecule has 1 aromatic carbocycles. The van der Waals surface area contributed by atoms with Gasteiger partial charge in [0.2, 0.25) is 0 Å². The summed E-state index contributed by atoms with van der Waals surface area (Å²) in [7, 11) is 2.24. The SMILES string of the molecule is CN1CCC2=C(CCCC2)C1CCc1ccc([N+](=O)[O-])cc1. The highest BCUT2D eigenvalue weighted by molar-refractivity contribution is 5.33. The molecule has 0 N–H and O–H groups in total. The fourth-order valence-corrected chi connectivity index (χ4v) is 3.89. The van der Waals surface area contributed by atoms with Crippen molar-refractivity contribution in [2.45, 2.75) is 51.0 Å². The number of hydrogen-bond acceptors (Lipinski definition) is 3. The minimum absolute atomic E-state index is 0.177. The lowest BCUT2D eigenvalue weighted by Crippen LogP contribution is -2.39. The Morgan fingerprint density at radius 1 is 1.18 bits per heavy atom. The molecular weight excluding hydrogens is 276 g/mol. The Morgan fingerprint density at radius 3 is 2.64 bits per heavy atom. The number of non-ortho nitro benzene ring substituents is 1. The van der Waals surface area contributed by atoms with Crippen LogP contribution in [0, 0.1) is 10.1 Å². The Kier molecular flexibility index (Phi) is 4.57. The zero-order valence-electron chi connectivity index (χ0n) is 13.3. The van der Waals surface area contributed by atoms with Crippen LogP contribution in [0.5, 0.6) is 0 Å². The maximum atomic E-state index is 10.7. The lowest BCUT2D eigenvalue weighted by molar-refractivity contribution is -0.384. The molecule has 1 aliphatic carbocycles. The minimum Gasteiger partial charge on any atom is -0.299 e. The van der Waals surface area contributed by atoms with Crippen molar-refractivity contribution in [3.8, 4) is 0 Å². The van der Waals surface area contributed by atoms with Crippen LogP contribution in [0.15, 0.2) is 35.4 Å². The van der Waals surface area contributed by atoms with Crippen molar-refractivity contribution in [1.29, 1.82) is 0 Å². The normalized spacial score (nSPS) is 22.5. The highest BCUT2D eigenvalue weighted by atomic mass is 16.6. The first-order valence-electron chi connectivity index (χ1n) is 8.29. The van der Waals surface area contributed by atoms with Crippen LogP contribution in [-0.2, 0) is 6.42 Å². The van der Waals surface area contributed by atoms with E-state index in [1.807, 2.05) is 12.1 Å². The first-order valence-corrected chi connectivity index (χ1v) is 8.29. The van der Waals surface area contributed by atoms with E-state index in [4.69, 9.17) is 0 Å². The molecule has 0 amide bonds. The van der Waals surface area contributed by atoms with E-state index in [2.05, 4.69) is 11.9 Å². The Labute approximate surface area is 132 Å². The molecule has 0 aromatic heterocycles. The summed E-state index contributed by atoms with van der Waals surface area (Å²) in [5.74, 6) is 0. The van der Waals surface area contributed by atoms with E-state index in [0.717, 1.165) is 12.8 Å². The molecule has 0 fully saturated rings. The van der Waals surface area contributed by atoms with E-state index < -0.39 is 0 Å². The quantitative estimate of drug-likeness (QED) is 0.478. The molecule has 1 unspecified atom stereocenters. The van der Waals surface area contributed by atoms with Crippen molar-refractivity contribution in [1.82, 2.24) is 4.90 Å². The molecular formula is C18H24N2O2. The van der Waals surface area contributed by atoms with E-state index in [1.165, 1.54) is 44.2 Å². The van der Waals surface area contributed by atoms with Gasteiger partial charge in [0.15, 0.2) is 0 Å². The van der Waals surface area contributed by atoms with Gasteiger partial charge in [-0.15, -0.1) is 0 Å². The molecule has 0 saturated heterocycles. The minimum atomic E-state index is -0.336. The van der Waals surface area contributed by atoms with Crippen LogP contribution in [0.2, 0.25) is 0 Å². The fraction of sp³-hybridized carbons (Fsp3) is 0.556. The summed E-state index contributed by atoms with van der Waals surface area (Å²) in [5.41, 5.74) is 4.79. The largest absolute Gasteiger partial charge is 0.299 e. The third-order valence-electron chi connectivity index (χ3n) is 5.18. The number of likely N-dealkylation sites (N-methyl/N-ethyl adjacent to an activating group) is 1. The van der Waals surface area contributed by atoms with Crippen LogP contribution in [0.25, 0.3) is 0 Å². The molecule has 0 spiro atoms. The van der Waals surface area contributed by atoms with Gasteiger partial charge in [0, 0.05) is 24.7 Å². The average molecular weight is 300 g/mol. The average Bonchev–Trinajstić information content (AvgIpc) is 2.54. The molecule has 1 aliphatic heterocycles. The van der Waals surface area contributed by atoms with Gasteiger partial charge < -0.3 is 0 Å². The monoisotopic (exact) mass is 300 g/mol. The van der Waals surface area contributed by atoms with Crippen LogP contribution in [0.1, 0.15) is 44.1 Å². The maximum Gasteiger partial charge on any atom is 0.269 e. The first kappa shape index (κ1) is 15.2. The van der Waals surface area contributed by atoms with Crippen LogP contribution in [0.4, 0.5) is 5.69 Å². The summed E-state index contributed by atoms with van der Waals surface area (Å²) < 4.78 is 0. The van der Waals surface area contributed by atoms with Gasteiger partial charge in [0.25, 0.3) is 5.69 Å². The van der Waals surface area contributed by atoms with Gasteiger partial charge in [-0.05, 0) is 57.6 Å². The van der Waals surface area contributed by atoms with E-state index >= 15 is 0 Å². The molecule has 4 nitrogen and oxygen atoms in total. The Bertz CT molecular complexity index is 577. The van der Waals surface area contributed by atoms with Crippen LogP contribution < -0.4 is 0 Å². The number of nitro groups is 1. The van der Waals surface area contributed by atoms with E-state index in [9.17, 15) is 10.1 Å². The van der Waals surface area contributed by atoms with Crippen LogP contribution in [-0.4, -0.2) is 29.5 Å². The third kappa shape index (κ3) is 3.22. The Balaban J connectivity index is 1.67. The predicted octanol–water partition coefficient (Wildman–Crippen LogP) is 4.10. The molecule has 0 saturated carbocycles. The molecule has 0 bridgehead atoms. The van der Waals surface area contributed by atoms with Crippen molar-refractivity contribution in [2.24, 2.45) is 0 Å². The highest BCUT2D eigenvalue weighted by Crippen LogP contribution is 2.36. The van der Waals surface area contributed by atoms with E-state index in [1.54, 1.807) is 23.3 Å². The lowest BCUT2D eigenvalue weighted by Gasteiger charge is -2.39. The summed E-state index contributed by atoms with van der Waals surface area (Å²) in [4.78, 5) is 12.9. The van der Waals surface area contributed by atoms with Gasteiger partial charge in [0.1, 0.15) is 0 Å². The number of nitro benzene ring substituents is 1. The second-order valence-electron chi connectivity index (χ2n) is 6.54. The maximum absolute atomic E-state index is 10.7. The zero-order valence-corrected chi connectivity index (χ0v) is 13.3. The summed E-state index contributed by atoms with van der Waals surface area (Å²) in [6.45, 7) is 1.17. The van der Waals surface area contributed by atoms with Gasteiger partial charge in [-0.1, -0.05) is 23.3 Å². The Hall–Kier alpha value is -1.68. The number of benzene rings is 1. The number of rotatable bonds is 4. The van der Waals surface area contributed by atoms with Gasteiger partial charge >= 0.3 is 0 Å². The van der Waals surface area contributed by atoms with Gasteiger partial charge in [-0.2, -0.15) is 0 Å². The fourth-order valence-electron chi connectivity index (χ4n) is 3.89. The first-order chi connectivity index (χ1) is 10.6. The zero-order chi connectivity index (χ0) is 15.5. The molecule has 2 aliphatic rings. The molecule has 0 radical (unpaired) electrons. The lowest BCUT2D eigenvalue weighted by atomic mass is 9.81. The smallest absolute Gasteiger partial charge is 0.269 e. The van der Waals surface area contributed by atoms with Crippen molar-refractivity contribution in [2.75, 3.05) is 13.6 Å². The number of nitrogens with zero attached hydrogens (tertiary/aromatic N) is 2. The molecule has 1 heterocycles. The standard InChI is InChI=1S/C18H24N2O2/c1-19-13-12-15-4-2-3-5-17(15)18(19)11-8-14-6-9-16(10-7-14)20(21)22/h6-7,9-10,18H,2-5,8,11-13H2,1H3. The van der Waals surface area contributed by atoms with Crippen molar-refractivity contribution < 1.29 is 4.92 Å².